The molecule has 0 saturated carbocycles. The Kier molecular flexibility index (Phi) is 6.72. The van der Waals surface area contributed by atoms with Crippen LogP contribution in [0.4, 0.5) is 0 Å². The lowest BCUT2D eigenvalue weighted by molar-refractivity contribution is 0.0592. The number of aliphatic hydroxyl groups excluding tert-OH is 1. The number of carbonyl (C=O) groups is 1. The first-order chi connectivity index (χ1) is 13.7. The fourth-order valence-electron chi connectivity index (χ4n) is 3.72. The van der Waals surface area contributed by atoms with Crippen molar-refractivity contribution in [1.29, 1.82) is 0 Å². The van der Waals surface area contributed by atoms with Crippen LogP contribution in [0.2, 0.25) is 0 Å². The van der Waals surface area contributed by atoms with Crippen LogP contribution in [0.25, 0.3) is 0 Å². The molecule has 0 aromatic heterocycles. The number of aliphatic hydroxyl groups is 1. The van der Waals surface area contributed by atoms with Gasteiger partial charge in [-0.3, -0.25) is 4.79 Å². The lowest BCUT2D eigenvalue weighted by Crippen LogP contribution is -2.41. The SMILES string of the molecule is CN(C[C@H](O)CN1CCc2ccccc2CC1)C(=O)c1ccc(S(C)(=O)=O)cc1. The molecule has 0 radical (unpaired) electrons. The van der Waals surface area contributed by atoms with E-state index >= 15 is 0 Å². The molecule has 0 saturated heterocycles. The molecule has 156 valence electrons. The van der Waals surface area contributed by atoms with Crippen molar-refractivity contribution >= 4 is 15.7 Å². The third-order valence-corrected chi connectivity index (χ3v) is 6.47. The van der Waals surface area contributed by atoms with E-state index in [0.717, 1.165) is 32.2 Å². The van der Waals surface area contributed by atoms with Gasteiger partial charge in [-0.05, 0) is 48.2 Å². The van der Waals surface area contributed by atoms with E-state index in [0.29, 0.717) is 12.1 Å². The van der Waals surface area contributed by atoms with E-state index in [1.54, 1.807) is 7.05 Å². The Bertz CT molecular complexity index is 930. The minimum absolute atomic E-state index is 0.180. The van der Waals surface area contributed by atoms with Gasteiger partial charge in [0.25, 0.3) is 5.91 Å². The predicted molar refractivity (Wildman–Crippen MR) is 113 cm³/mol. The topological polar surface area (TPSA) is 77.9 Å². The van der Waals surface area contributed by atoms with Crippen LogP contribution in [0.15, 0.2) is 53.4 Å². The molecule has 2 aromatic rings. The molecule has 0 unspecified atom stereocenters. The smallest absolute Gasteiger partial charge is 0.253 e. The second-order valence-corrected chi connectivity index (χ2v) is 9.72. The molecule has 1 N–H and O–H groups in total. The monoisotopic (exact) mass is 416 g/mol. The third-order valence-electron chi connectivity index (χ3n) is 5.34. The second-order valence-electron chi connectivity index (χ2n) is 7.71. The highest BCUT2D eigenvalue weighted by Crippen LogP contribution is 2.16. The summed E-state index contributed by atoms with van der Waals surface area (Å²) >= 11 is 0. The van der Waals surface area contributed by atoms with Gasteiger partial charge < -0.3 is 14.9 Å². The molecule has 0 fully saturated rings. The number of nitrogens with zero attached hydrogens (tertiary/aromatic N) is 2. The zero-order chi connectivity index (χ0) is 21.0. The standard InChI is InChI=1S/C22H28N2O4S/c1-23(22(26)19-7-9-21(10-8-19)29(2,27)28)15-20(25)16-24-13-11-17-5-3-4-6-18(17)12-14-24/h3-10,20,25H,11-16H2,1-2H3/t20-/m0/s1. The highest BCUT2D eigenvalue weighted by Gasteiger charge is 2.20. The van der Waals surface area contributed by atoms with Crippen molar-refractivity contribution in [3.05, 3.63) is 65.2 Å². The van der Waals surface area contributed by atoms with Gasteiger partial charge in [-0.25, -0.2) is 8.42 Å². The molecule has 6 nitrogen and oxygen atoms in total. The summed E-state index contributed by atoms with van der Waals surface area (Å²) in [7, 11) is -1.65. The third kappa shape index (κ3) is 5.65. The van der Waals surface area contributed by atoms with Crippen molar-refractivity contribution in [3.8, 4) is 0 Å². The molecule has 7 heteroatoms. The number of amides is 1. The summed E-state index contributed by atoms with van der Waals surface area (Å²) in [6.07, 6.45) is 2.41. The fraction of sp³-hybridized carbons (Fsp3) is 0.409. The Hall–Kier alpha value is -2.22. The second kappa shape index (κ2) is 9.07. The van der Waals surface area contributed by atoms with E-state index in [2.05, 4.69) is 29.2 Å². The van der Waals surface area contributed by atoms with Crippen molar-refractivity contribution in [2.75, 3.05) is 39.5 Å². The molecule has 1 aliphatic rings. The molecule has 1 aliphatic heterocycles. The summed E-state index contributed by atoms with van der Waals surface area (Å²) in [6.45, 7) is 2.51. The van der Waals surface area contributed by atoms with E-state index in [1.165, 1.54) is 40.3 Å². The number of likely N-dealkylation sites (N-methyl/N-ethyl adjacent to an activating group) is 1. The number of hydrogen-bond acceptors (Lipinski definition) is 5. The van der Waals surface area contributed by atoms with E-state index in [4.69, 9.17) is 0 Å². The summed E-state index contributed by atoms with van der Waals surface area (Å²) in [5.74, 6) is -0.243. The Morgan fingerprint density at radius 1 is 1.07 bits per heavy atom. The maximum Gasteiger partial charge on any atom is 0.253 e. The number of carbonyl (C=O) groups excluding carboxylic acids is 1. The zero-order valence-corrected chi connectivity index (χ0v) is 17.7. The van der Waals surface area contributed by atoms with Gasteiger partial charge in [0.1, 0.15) is 0 Å². The van der Waals surface area contributed by atoms with Gasteiger partial charge in [0.15, 0.2) is 9.84 Å². The van der Waals surface area contributed by atoms with Crippen LogP contribution in [-0.2, 0) is 22.7 Å². The van der Waals surface area contributed by atoms with Gasteiger partial charge in [0, 0.05) is 45.0 Å². The number of hydrogen-bond donors (Lipinski definition) is 1. The summed E-state index contributed by atoms with van der Waals surface area (Å²) in [5, 5.41) is 10.5. The fourth-order valence-corrected chi connectivity index (χ4v) is 4.35. The van der Waals surface area contributed by atoms with Gasteiger partial charge in [-0.2, -0.15) is 0 Å². The lowest BCUT2D eigenvalue weighted by Gasteiger charge is -2.26. The number of β-amino-alcohol motifs (C(OH)–C–C–N with tert-alkyl or cyclic N) is 1. The number of fused-ring (bicyclic) bond motifs is 1. The average molecular weight is 417 g/mol. The lowest BCUT2D eigenvalue weighted by atomic mass is 10.0. The van der Waals surface area contributed by atoms with Crippen molar-refractivity contribution in [3.63, 3.8) is 0 Å². The van der Waals surface area contributed by atoms with Crippen molar-refractivity contribution in [2.24, 2.45) is 0 Å². The first-order valence-electron chi connectivity index (χ1n) is 9.77. The average Bonchev–Trinajstić information content (AvgIpc) is 2.89. The maximum absolute atomic E-state index is 12.6. The molecule has 0 aliphatic carbocycles. The predicted octanol–water partition coefficient (Wildman–Crippen LogP) is 1.62. The summed E-state index contributed by atoms with van der Waals surface area (Å²) in [6, 6.07) is 14.3. The van der Waals surface area contributed by atoms with Crippen molar-refractivity contribution in [2.45, 2.75) is 23.8 Å². The molecule has 1 atom stereocenters. The Labute approximate surface area is 172 Å². The first-order valence-corrected chi connectivity index (χ1v) is 11.7. The van der Waals surface area contributed by atoms with Gasteiger partial charge >= 0.3 is 0 Å². The maximum atomic E-state index is 12.6. The molecular formula is C22H28N2O4S. The highest BCUT2D eigenvalue weighted by atomic mass is 32.2. The normalized spacial score (nSPS) is 16.0. The quantitative estimate of drug-likeness (QED) is 0.774. The number of benzene rings is 2. The minimum Gasteiger partial charge on any atom is -0.390 e. The number of rotatable bonds is 6. The van der Waals surface area contributed by atoms with Crippen molar-refractivity contribution in [1.82, 2.24) is 9.80 Å². The van der Waals surface area contributed by atoms with Gasteiger partial charge in [0.2, 0.25) is 0 Å². The highest BCUT2D eigenvalue weighted by molar-refractivity contribution is 7.90. The molecular weight excluding hydrogens is 388 g/mol. The van der Waals surface area contributed by atoms with Crippen LogP contribution in [0.5, 0.6) is 0 Å². The molecule has 3 rings (SSSR count). The number of sulfone groups is 1. The summed E-state index contributed by atoms with van der Waals surface area (Å²) in [5.41, 5.74) is 3.14. The van der Waals surface area contributed by atoms with Gasteiger partial charge in [0.05, 0.1) is 11.0 Å². The van der Waals surface area contributed by atoms with Crippen LogP contribution in [0, 0.1) is 0 Å². The van der Waals surface area contributed by atoms with E-state index in [9.17, 15) is 18.3 Å². The Balaban J connectivity index is 1.53. The Morgan fingerprint density at radius 2 is 1.62 bits per heavy atom. The molecule has 0 bridgehead atoms. The van der Waals surface area contributed by atoms with Crippen LogP contribution >= 0.6 is 0 Å². The Morgan fingerprint density at radius 3 is 2.14 bits per heavy atom. The van der Waals surface area contributed by atoms with Crippen LogP contribution in [0.1, 0.15) is 21.5 Å². The molecule has 29 heavy (non-hydrogen) atoms. The van der Waals surface area contributed by atoms with Crippen LogP contribution in [0.3, 0.4) is 0 Å². The minimum atomic E-state index is -3.29. The zero-order valence-electron chi connectivity index (χ0n) is 16.9. The first kappa shape index (κ1) is 21.5. The van der Waals surface area contributed by atoms with Crippen molar-refractivity contribution < 1.29 is 18.3 Å². The van der Waals surface area contributed by atoms with E-state index in [1.807, 2.05) is 0 Å². The van der Waals surface area contributed by atoms with Gasteiger partial charge in [-0.15, -0.1) is 0 Å². The molecule has 1 heterocycles. The molecule has 0 spiro atoms. The van der Waals surface area contributed by atoms with Gasteiger partial charge in [-0.1, -0.05) is 24.3 Å². The summed E-state index contributed by atoms with van der Waals surface area (Å²) < 4.78 is 23.1. The van der Waals surface area contributed by atoms with E-state index in [-0.39, 0.29) is 17.3 Å². The van der Waals surface area contributed by atoms with Crippen LogP contribution < -0.4 is 0 Å². The molecule has 2 aromatic carbocycles. The van der Waals surface area contributed by atoms with Crippen LogP contribution in [-0.4, -0.2) is 74.8 Å². The molecule has 1 amide bonds. The van der Waals surface area contributed by atoms with E-state index < -0.39 is 15.9 Å². The summed E-state index contributed by atoms with van der Waals surface area (Å²) in [4.78, 5) is 16.5. The largest absolute Gasteiger partial charge is 0.390 e.